The fraction of sp³-hybridized carbons (Fsp3) is 0.200. The molecule has 1 unspecified atom stereocenters. The van der Waals surface area contributed by atoms with E-state index < -0.39 is 5.92 Å². The molecule has 0 amide bonds. The molecule has 0 aliphatic heterocycles. The minimum Gasteiger partial charge on any atom is -0.469 e. The van der Waals surface area contributed by atoms with Gasteiger partial charge >= 0.3 is 5.97 Å². The van der Waals surface area contributed by atoms with Crippen LogP contribution in [0.3, 0.4) is 0 Å². The van der Waals surface area contributed by atoms with Crippen LogP contribution in [0.25, 0.3) is 16.9 Å². The van der Waals surface area contributed by atoms with Gasteiger partial charge in [-0.05, 0) is 18.2 Å². The lowest BCUT2D eigenvalue weighted by Crippen LogP contribution is -2.27. The maximum Gasteiger partial charge on any atom is 0.310 e. The van der Waals surface area contributed by atoms with E-state index in [-0.39, 0.29) is 12.5 Å². The fourth-order valence-electron chi connectivity index (χ4n) is 2.79. The lowest BCUT2D eigenvalue weighted by atomic mass is 10.0. The highest BCUT2D eigenvalue weighted by molar-refractivity contribution is 5.73. The first-order valence-corrected chi connectivity index (χ1v) is 8.20. The summed E-state index contributed by atoms with van der Waals surface area (Å²) in [6.45, 7) is 0.228. The predicted octanol–water partition coefficient (Wildman–Crippen LogP) is 2.83. The van der Waals surface area contributed by atoms with E-state index in [1.165, 1.54) is 7.11 Å². The van der Waals surface area contributed by atoms with Crippen LogP contribution in [0.15, 0.2) is 66.7 Å². The van der Waals surface area contributed by atoms with E-state index in [2.05, 4.69) is 0 Å². The van der Waals surface area contributed by atoms with E-state index in [1.54, 1.807) is 0 Å². The van der Waals surface area contributed by atoms with Crippen LogP contribution in [-0.2, 0) is 16.0 Å². The van der Waals surface area contributed by atoms with Crippen LogP contribution >= 0.6 is 0 Å². The largest absolute Gasteiger partial charge is 0.469 e. The quantitative estimate of drug-likeness (QED) is 0.703. The number of hydrogen-bond donors (Lipinski definition) is 1. The van der Waals surface area contributed by atoms with Crippen molar-refractivity contribution in [3.63, 3.8) is 0 Å². The standard InChI is InChI=1S/C20H21N3O2/c1-25-20(24)16(14-21)12-17-13-19(15-8-4-2-5-9-15)23(22-17)18-10-6-3-7-11-18/h2-11,13,16H,12,14,21H2,1H3. The molecule has 3 rings (SSSR count). The zero-order chi connectivity index (χ0) is 17.6. The number of aromatic nitrogens is 2. The molecule has 0 aliphatic rings. The van der Waals surface area contributed by atoms with Gasteiger partial charge in [-0.2, -0.15) is 5.10 Å². The second-order valence-corrected chi connectivity index (χ2v) is 5.79. The van der Waals surface area contributed by atoms with Crippen molar-refractivity contribution in [3.05, 3.63) is 72.4 Å². The molecular formula is C20H21N3O2. The monoisotopic (exact) mass is 335 g/mol. The molecule has 5 nitrogen and oxygen atoms in total. The van der Waals surface area contributed by atoms with Crippen molar-refractivity contribution in [2.24, 2.45) is 11.7 Å². The number of esters is 1. The lowest BCUT2D eigenvalue weighted by molar-refractivity contribution is -0.145. The van der Waals surface area contributed by atoms with Gasteiger partial charge in [0.1, 0.15) is 0 Å². The summed E-state index contributed by atoms with van der Waals surface area (Å²) in [4.78, 5) is 11.8. The van der Waals surface area contributed by atoms with E-state index in [0.717, 1.165) is 22.6 Å². The third-order valence-electron chi connectivity index (χ3n) is 4.10. The molecule has 2 aromatic carbocycles. The first kappa shape index (κ1) is 16.9. The number of methoxy groups -OCH3 is 1. The number of hydrogen-bond acceptors (Lipinski definition) is 4. The van der Waals surface area contributed by atoms with Gasteiger partial charge in [0.2, 0.25) is 0 Å². The Morgan fingerprint density at radius 2 is 1.76 bits per heavy atom. The Hall–Kier alpha value is -2.92. The number of para-hydroxylation sites is 1. The zero-order valence-electron chi connectivity index (χ0n) is 14.1. The molecule has 2 N–H and O–H groups in total. The maximum absolute atomic E-state index is 11.8. The molecule has 3 aromatic rings. The number of rotatable bonds is 6. The van der Waals surface area contributed by atoms with Crippen molar-refractivity contribution in [2.45, 2.75) is 6.42 Å². The maximum atomic E-state index is 11.8. The zero-order valence-corrected chi connectivity index (χ0v) is 14.1. The number of ether oxygens (including phenoxy) is 1. The normalized spacial score (nSPS) is 11.9. The molecule has 1 heterocycles. The van der Waals surface area contributed by atoms with Crippen LogP contribution in [-0.4, -0.2) is 29.4 Å². The third-order valence-corrected chi connectivity index (χ3v) is 4.10. The molecule has 25 heavy (non-hydrogen) atoms. The van der Waals surface area contributed by atoms with Gasteiger partial charge in [0, 0.05) is 18.5 Å². The molecule has 1 atom stereocenters. The van der Waals surface area contributed by atoms with Crippen LogP contribution in [0.5, 0.6) is 0 Å². The topological polar surface area (TPSA) is 70.1 Å². The number of benzene rings is 2. The van der Waals surface area contributed by atoms with Crippen LogP contribution < -0.4 is 5.73 Å². The second-order valence-electron chi connectivity index (χ2n) is 5.79. The minimum absolute atomic E-state index is 0.228. The van der Waals surface area contributed by atoms with E-state index >= 15 is 0 Å². The molecule has 5 heteroatoms. The van der Waals surface area contributed by atoms with Gasteiger partial charge in [0.05, 0.1) is 30.1 Å². The number of nitrogens with zero attached hydrogens (tertiary/aromatic N) is 2. The predicted molar refractivity (Wildman–Crippen MR) is 97.3 cm³/mol. The van der Waals surface area contributed by atoms with E-state index in [4.69, 9.17) is 15.6 Å². The van der Waals surface area contributed by atoms with Gasteiger partial charge in [0.15, 0.2) is 0 Å². The summed E-state index contributed by atoms with van der Waals surface area (Å²) in [5.74, 6) is -0.703. The Bertz CT molecular complexity index is 772. The Balaban J connectivity index is 2.02. The van der Waals surface area contributed by atoms with Gasteiger partial charge in [-0.3, -0.25) is 4.79 Å². The average molecular weight is 335 g/mol. The molecule has 0 spiro atoms. The smallest absolute Gasteiger partial charge is 0.310 e. The summed E-state index contributed by atoms with van der Waals surface area (Å²) in [5.41, 5.74) is 9.54. The summed E-state index contributed by atoms with van der Waals surface area (Å²) in [6, 6.07) is 22.0. The fourth-order valence-corrected chi connectivity index (χ4v) is 2.79. The van der Waals surface area contributed by atoms with E-state index in [9.17, 15) is 4.79 Å². The Morgan fingerprint density at radius 3 is 2.36 bits per heavy atom. The number of carbonyl (C=O) groups excluding carboxylic acids is 1. The first-order valence-electron chi connectivity index (χ1n) is 8.20. The van der Waals surface area contributed by atoms with E-state index in [0.29, 0.717) is 6.42 Å². The van der Waals surface area contributed by atoms with Gasteiger partial charge in [-0.15, -0.1) is 0 Å². The molecule has 0 radical (unpaired) electrons. The first-order chi connectivity index (χ1) is 12.2. The number of nitrogens with two attached hydrogens (primary N) is 1. The van der Waals surface area contributed by atoms with Crippen LogP contribution in [0.4, 0.5) is 0 Å². The van der Waals surface area contributed by atoms with E-state index in [1.807, 2.05) is 71.4 Å². The molecule has 0 aliphatic carbocycles. The highest BCUT2D eigenvalue weighted by Crippen LogP contribution is 2.25. The third kappa shape index (κ3) is 3.78. The highest BCUT2D eigenvalue weighted by atomic mass is 16.5. The van der Waals surface area contributed by atoms with Gasteiger partial charge < -0.3 is 10.5 Å². The van der Waals surface area contributed by atoms with Crippen LogP contribution in [0.2, 0.25) is 0 Å². The van der Waals surface area contributed by atoms with Crippen LogP contribution in [0, 0.1) is 5.92 Å². The second kappa shape index (κ2) is 7.77. The molecule has 128 valence electrons. The van der Waals surface area contributed by atoms with Gasteiger partial charge in [-0.1, -0.05) is 48.5 Å². The Kier molecular flexibility index (Phi) is 5.26. The molecule has 0 fully saturated rings. The lowest BCUT2D eigenvalue weighted by Gasteiger charge is -2.10. The summed E-state index contributed by atoms with van der Waals surface area (Å²) < 4.78 is 6.73. The molecule has 1 aromatic heterocycles. The van der Waals surface area contributed by atoms with Crippen molar-refractivity contribution in [2.75, 3.05) is 13.7 Å². The molecule has 0 saturated carbocycles. The van der Waals surface area contributed by atoms with Crippen molar-refractivity contribution >= 4 is 5.97 Å². The summed E-state index contributed by atoms with van der Waals surface area (Å²) in [7, 11) is 1.38. The number of carbonyl (C=O) groups is 1. The summed E-state index contributed by atoms with van der Waals surface area (Å²) >= 11 is 0. The van der Waals surface area contributed by atoms with Crippen molar-refractivity contribution < 1.29 is 9.53 Å². The van der Waals surface area contributed by atoms with Gasteiger partial charge in [-0.25, -0.2) is 4.68 Å². The van der Waals surface area contributed by atoms with Crippen LogP contribution in [0.1, 0.15) is 5.69 Å². The Labute approximate surface area is 147 Å². The highest BCUT2D eigenvalue weighted by Gasteiger charge is 2.21. The molecular weight excluding hydrogens is 314 g/mol. The Morgan fingerprint density at radius 1 is 1.12 bits per heavy atom. The van der Waals surface area contributed by atoms with Gasteiger partial charge in [0.25, 0.3) is 0 Å². The molecule has 0 bridgehead atoms. The summed E-state index contributed by atoms with van der Waals surface area (Å²) in [6.07, 6.45) is 0.447. The SMILES string of the molecule is COC(=O)C(CN)Cc1cc(-c2ccccc2)n(-c2ccccc2)n1. The molecule has 0 saturated heterocycles. The summed E-state index contributed by atoms with van der Waals surface area (Å²) in [5, 5.41) is 4.71. The van der Waals surface area contributed by atoms with Crippen molar-refractivity contribution in [3.8, 4) is 16.9 Å². The minimum atomic E-state index is -0.396. The van der Waals surface area contributed by atoms with Crippen molar-refractivity contribution in [1.29, 1.82) is 0 Å². The average Bonchev–Trinajstić information content (AvgIpc) is 3.11. The van der Waals surface area contributed by atoms with Crippen molar-refractivity contribution in [1.82, 2.24) is 9.78 Å².